The average Bonchev–Trinajstić information content (AvgIpc) is 3.57. The number of ether oxygens (including phenoxy) is 1. The number of hydrogen-bond donors (Lipinski definition) is 0. The van der Waals surface area contributed by atoms with Gasteiger partial charge in [-0.25, -0.2) is 8.78 Å². The predicted molar refractivity (Wildman–Crippen MR) is 111 cm³/mol. The van der Waals surface area contributed by atoms with Gasteiger partial charge in [0.15, 0.2) is 0 Å². The van der Waals surface area contributed by atoms with Crippen LogP contribution in [0.1, 0.15) is 49.7 Å². The first-order valence-electron chi connectivity index (χ1n) is 10.1. The lowest BCUT2D eigenvalue weighted by molar-refractivity contribution is -0.0883. The summed E-state index contributed by atoms with van der Waals surface area (Å²) in [5, 5.41) is 10.0. The van der Waals surface area contributed by atoms with Crippen LogP contribution in [0.3, 0.4) is 0 Å². The first-order chi connectivity index (χ1) is 14.0. The molecule has 2 nitrogen and oxygen atoms in total. The number of halogens is 2. The van der Waals surface area contributed by atoms with Gasteiger partial charge in [0.1, 0.15) is 11.6 Å². The van der Waals surface area contributed by atoms with Crippen molar-refractivity contribution in [2.24, 2.45) is 5.92 Å². The van der Waals surface area contributed by atoms with Crippen LogP contribution >= 0.6 is 11.8 Å². The number of hydrogen-bond acceptors (Lipinski definition) is 3. The minimum atomic E-state index is -0.657. The molecule has 5 heteroatoms. The van der Waals surface area contributed by atoms with E-state index in [-0.39, 0.29) is 11.6 Å². The Morgan fingerprint density at radius 2 is 1.69 bits per heavy atom. The summed E-state index contributed by atoms with van der Waals surface area (Å²) in [6.07, 6.45) is 6.80. The molecular weight excluding hydrogens is 388 g/mol. The standard InChI is InChI=1S/C24H25F2NOS/c1-29-22-13-19(12-21(26)14-22)24(28-15-17-2-3-17)10-8-23(16-27,9-11-24)18-4-6-20(25)7-5-18/h4-7,12-14,17H,2-3,8-11,15H2,1H3/t23-,24+. The van der Waals surface area contributed by atoms with Gasteiger partial charge in [0.05, 0.1) is 23.7 Å². The van der Waals surface area contributed by atoms with E-state index in [0.29, 0.717) is 38.2 Å². The van der Waals surface area contributed by atoms with Crippen LogP contribution in [0.5, 0.6) is 0 Å². The van der Waals surface area contributed by atoms with Crippen LogP contribution in [0.2, 0.25) is 0 Å². The maximum absolute atomic E-state index is 14.3. The Labute approximate surface area is 175 Å². The highest BCUT2D eigenvalue weighted by molar-refractivity contribution is 7.98. The Balaban J connectivity index is 1.65. The van der Waals surface area contributed by atoms with Gasteiger partial charge in [-0.3, -0.25) is 0 Å². The lowest BCUT2D eigenvalue weighted by Crippen LogP contribution is -2.41. The van der Waals surface area contributed by atoms with Crippen molar-refractivity contribution in [2.75, 3.05) is 12.9 Å². The van der Waals surface area contributed by atoms with Crippen molar-refractivity contribution in [3.8, 4) is 6.07 Å². The summed E-state index contributed by atoms with van der Waals surface area (Å²) in [5.74, 6) is 0.0428. The van der Waals surface area contributed by atoms with Crippen LogP contribution in [0, 0.1) is 28.9 Å². The third-order valence-electron chi connectivity index (χ3n) is 6.45. The second-order valence-electron chi connectivity index (χ2n) is 8.33. The fourth-order valence-corrected chi connectivity index (χ4v) is 4.81. The lowest BCUT2D eigenvalue weighted by atomic mass is 9.64. The fraction of sp³-hybridized carbons (Fsp3) is 0.458. The lowest BCUT2D eigenvalue weighted by Gasteiger charge is -2.44. The first kappa shape index (κ1) is 20.4. The highest BCUT2D eigenvalue weighted by Crippen LogP contribution is 2.50. The van der Waals surface area contributed by atoms with Gasteiger partial charge >= 0.3 is 0 Å². The molecule has 0 aliphatic heterocycles. The number of benzene rings is 2. The van der Waals surface area contributed by atoms with Crippen LogP contribution in [0.4, 0.5) is 8.78 Å². The fourth-order valence-electron chi connectivity index (χ4n) is 4.34. The molecule has 2 saturated carbocycles. The van der Waals surface area contributed by atoms with Gasteiger partial charge < -0.3 is 4.74 Å². The summed E-state index contributed by atoms with van der Waals surface area (Å²) in [6.45, 7) is 0.682. The molecule has 0 heterocycles. The molecule has 2 fully saturated rings. The van der Waals surface area contributed by atoms with Crippen LogP contribution in [-0.4, -0.2) is 12.9 Å². The number of thioether (sulfide) groups is 1. The summed E-state index contributed by atoms with van der Waals surface area (Å²) in [6, 6.07) is 13.9. The molecule has 0 amide bonds. The van der Waals surface area contributed by atoms with Gasteiger partial charge in [-0.05, 0) is 92.2 Å². The minimum absolute atomic E-state index is 0.253. The topological polar surface area (TPSA) is 33.0 Å². The number of nitriles is 1. The van der Waals surface area contributed by atoms with E-state index in [1.165, 1.54) is 36.7 Å². The largest absolute Gasteiger partial charge is 0.370 e. The van der Waals surface area contributed by atoms with Gasteiger partial charge in [0, 0.05) is 4.90 Å². The van der Waals surface area contributed by atoms with Crippen molar-refractivity contribution >= 4 is 11.8 Å². The number of nitrogens with zero attached hydrogens (tertiary/aromatic N) is 1. The summed E-state index contributed by atoms with van der Waals surface area (Å²) in [7, 11) is 0. The van der Waals surface area contributed by atoms with E-state index in [1.54, 1.807) is 24.3 Å². The van der Waals surface area contributed by atoms with Gasteiger partial charge in [0.2, 0.25) is 0 Å². The first-order valence-corrected chi connectivity index (χ1v) is 11.4. The molecule has 0 spiro atoms. The van der Waals surface area contributed by atoms with Crippen molar-refractivity contribution in [2.45, 2.75) is 54.4 Å². The van der Waals surface area contributed by atoms with E-state index in [0.717, 1.165) is 16.0 Å². The smallest absolute Gasteiger partial charge is 0.124 e. The molecule has 0 saturated heterocycles. The Bertz CT molecular complexity index is 909. The van der Waals surface area contributed by atoms with Gasteiger partial charge in [-0.1, -0.05) is 12.1 Å². The molecule has 152 valence electrons. The Morgan fingerprint density at radius 3 is 2.28 bits per heavy atom. The van der Waals surface area contributed by atoms with Gasteiger partial charge in [-0.2, -0.15) is 5.26 Å². The summed E-state index contributed by atoms with van der Waals surface area (Å²) in [5.41, 5.74) is 0.486. The molecule has 29 heavy (non-hydrogen) atoms. The Kier molecular flexibility index (Phi) is 5.68. The van der Waals surface area contributed by atoms with E-state index >= 15 is 0 Å². The van der Waals surface area contributed by atoms with Gasteiger partial charge in [-0.15, -0.1) is 11.8 Å². The molecule has 2 aliphatic rings. The van der Waals surface area contributed by atoms with Crippen molar-refractivity contribution in [3.05, 3.63) is 65.2 Å². The molecule has 0 aromatic heterocycles. The van der Waals surface area contributed by atoms with Crippen LogP contribution in [0.25, 0.3) is 0 Å². The highest BCUT2D eigenvalue weighted by atomic mass is 32.2. The quantitative estimate of drug-likeness (QED) is 0.518. The maximum atomic E-state index is 14.3. The van der Waals surface area contributed by atoms with Crippen molar-refractivity contribution in [3.63, 3.8) is 0 Å². The molecule has 2 aromatic carbocycles. The molecule has 2 aromatic rings. The normalized spacial score (nSPS) is 26.8. The number of rotatable bonds is 6. The predicted octanol–water partition coefficient (Wildman–Crippen LogP) is 6.34. The van der Waals surface area contributed by atoms with Crippen LogP contribution in [0.15, 0.2) is 47.4 Å². The van der Waals surface area contributed by atoms with E-state index in [4.69, 9.17) is 4.74 Å². The van der Waals surface area contributed by atoms with Crippen molar-refractivity contribution in [1.82, 2.24) is 0 Å². The minimum Gasteiger partial charge on any atom is -0.370 e. The van der Waals surface area contributed by atoms with E-state index < -0.39 is 11.0 Å². The monoisotopic (exact) mass is 413 g/mol. The molecular formula is C24H25F2NOS. The summed E-state index contributed by atoms with van der Waals surface area (Å²) >= 11 is 1.52. The molecule has 0 N–H and O–H groups in total. The zero-order valence-electron chi connectivity index (χ0n) is 16.6. The molecule has 2 aliphatic carbocycles. The highest BCUT2D eigenvalue weighted by Gasteiger charge is 2.46. The van der Waals surface area contributed by atoms with Crippen LogP contribution < -0.4 is 0 Å². The van der Waals surface area contributed by atoms with E-state index in [2.05, 4.69) is 6.07 Å². The molecule has 0 radical (unpaired) electrons. The van der Waals surface area contributed by atoms with Crippen LogP contribution in [-0.2, 0) is 15.8 Å². The average molecular weight is 414 g/mol. The van der Waals surface area contributed by atoms with Gasteiger partial charge in [0.25, 0.3) is 0 Å². The third-order valence-corrected chi connectivity index (χ3v) is 7.15. The zero-order valence-corrected chi connectivity index (χ0v) is 17.4. The maximum Gasteiger partial charge on any atom is 0.124 e. The van der Waals surface area contributed by atoms with Crippen molar-refractivity contribution in [1.29, 1.82) is 5.26 Å². The Hall–Kier alpha value is -1.90. The zero-order chi connectivity index (χ0) is 20.5. The second-order valence-corrected chi connectivity index (χ2v) is 9.21. The molecule has 0 atom stereocenters. The molecule has 0 unspecified atom stereocenters. The molecule has 4 rings (SSSR count). The summed E-state index contributed by atoms with van der Waals surface area (Å²) in [4.78, 5) is 0.880. The summed E-state index contributed by atoms with van der Waals surface area (Å²) < 4.78 is 34.2. The van der Waals surface area contributed by atoms with E-state index in [1.807, 2.05) is 12.3 Å². The Morgan fingerprint density at radius 1 is 1.00 bits per heavy atom. The van der Waals surface area contributed by atoms with Crippen molar-refractivity contribution < 1.29 is 13.5 Å². The SMILES string of the molecule is CSc1cc(F)cc([C@]2(OCC3CC3)CC[C@@](C#N)(c3ccc(F)cc3)CC2)c1. The second kappa shape index (κ2) is 8.08. The molecule has 0 bridgehead atoms. The third kappa shape index (κ3) is 4.20. The van der Waals surface area contributed by atoms with E-state index in [9.17, 15) is 14.0 Å².